The van der Waals surface area contributed by atoms with E-state index < -0.39 is 0 Å². The molecule has 50 heavy (non-hydrogen) atoms. The molecule has 8 aliphatic rings. The summed E-state index contributed by atoms with van der Waals surface area (Å²) in [5, 5.41) is 7.29. The number of hydrogen-bond acceptors (Lipinski definition) is 14. The van der Waals surface area contributed by atoms with E-state index in [9.17, 15) is 0 Å². The summed E-state index contributed by atoms with van der Waals surface area (Å²) in [5.41, 5.74) is 4.44. The molecule has 0 aliphatic carbocycles. The lowest BCUT2D eigenvalue weighted by molar-refractivity contribution is -0.0830. The van der Waals surface area contributed by atoms with Crippen LogP contribution >= 0.6 is 11.3 Å². The second-order valence-corrected chi connectivity index (χ2v) is 15.2. The van der Waals surface area contributed by atoms with E-state index in [1.165, 1.54) is 51.9 Å². The number of ether oxygens (including phenoxy) is 2. The summed E-state index contributed by atoms with van der Waals surface area (Å²) in [7, 11) is 0. The van der Waals surface area contributed by atoms with Crippen LogP contribution in [-0.4, -0.2) is 110 Å². The standard InChI is InChI=1S/C19H22N6O.C16H19N5OS.CH4/c1-13-2-3-14(9-20-13)16-8-17(23-12-22-16)24-18-21-10-19(26-18)11-25-6-4-15(19)5-7-25;1-10-2-3-12-13(18-10)23-15(19-12)20-14-17-8-16(22-14)9-21-6-4-11(16)5-7-21;/h2-3,8-9,12,15H,4-7,10-11H2,1H3,(H,21,22,23,24);2-3,11H,4-9H2,1H3,(H,17,19,20);1H4/t19-;16-;/m00./s1. The maximum atomic E-state index is 6.31. The molecular weight excluding hydrogens is 651 g/mol. The number of aryl methyl sites for hydroxylation is 2. The highest BCUT2D eigenvalue weighted by Crippen LogP contribution is 2.42. The molecule has 13 nitrogen and oxygen atoms in total. The largest absolute Gasteiger partial charge is 0.455 e. The molecule has 2 spiro atoms. The Balaban J connectivity index is 0.000000142. The summed E-state index contributed by atoms with van der Waals surface area (Å²) in [6, 6.07) is 11.1. The van der Waals surface area contributed by atoms with Crippen LogP contribution in [0.1, 0.15) is 44.5 Å². The number of rotatable bonds is 3. The van der Waals surface area contributed by atoms with Crippen LogP contribution in [0.2, 0.25) is 0 Å². The highest BCUT2D eigenvalue weighted by atomic mass is 32.1. The third-order valence-electron chi connectivity index (χ3n) is 10.9. The number of pyridine rings is 2. The van der Waals surface area contributed by atoms with Gasteiger partial charge in [0.2, 0.25) is 0 Å². The summed E-state index contributed by atoms with van der Waals surface area (Å²) in [6.07, 6.45) is 8.26. The van der Waals surface area contributed by atoms with Gasteiger partial charge >= 0.3 is 0 Å². The molecule has 0 amide bonds. The summed E-state index contributed by atoms with van der Waals surface area (Å²) >= 11 is 1.54. The van der Waals surface area contributed by atoms with Crippen molar-refractivity contribution >= 4 is 44.7 Å². The van der Waals surface area contributed by atoms with Crippen molar-refractivity contribution in [2.45, 2.75) is 58.2 Å². The van der Waals surface area contributed by atoms with Crippen LogP contribution in [0.4, 0.5) is 10.9 Å². The van der Waals surface area contributed by atoms with Gasteiger partial charge in [0.05, 0.1) is 18.8 Å². The highest BCUT2D eigenvalue weighted by Gasteiger charge is 2.52. The van der Waals surface area contributed by atoms with Gasteiger partial charge in [-0.15, -0.1) is 0 Å². The minimum Gasteiger partial charge on any atom is -0.455 e. The van der Waals surface area contributed by atoms with Crippen molar-refractivity contribution in [3.63, 3.8) is 0 Å². The van der Waals surface area contributed by atoms with E-state index in [-0.39, 0.29) is 18.6 Å². The third-order valence-corrected chi connectivity index (χ3v) is 11.8. The lowest BCUT2D eigenvalue weighted by Gasteiger charge is -2.50. The number of piperidine rings is 6. The fraction of sp³-hybridized carbons (Fsp3) is 0.528. The SMILES string of the molecule is C.Cc1ccc(-c2cc(NC3=NC[C@@]4(CN5CCC4CC5)O3)ncn2)cn1.Cc1ccc2nc(NC3=NC[C@@]4(CN5CCC4CC5)O3)sc2n1. The summed E-state index contributed by atoms with van der Waals surface area (Å²) in [5.74, 6) is 1.93. The first-order valence-corrected chi connectivity index (χ1v) is 18.2. The number of aromatic nitrogens is 5. The Bertz CT molecular complexity index is 1920. The molecule has 0 unspecified atom stereocenters. The first-order chi connectivity index (χ1) is 23.9. The molecular formula is C36H45N11O2S. The second kappa shape index (κ2) is 13.1. The van der Waals surface area contributed by atoms with Crippen molar-refractivity contribution in [1.82, 2.24) is 34.7 Å². The highest BCUT2D eigenvalue weighted by molar-refractivity contribution is 7.21. The van der Waals surface area contributed by atoms with Crippen LogP contribution < -0.4 is 10.6 Å². The van der Waals surface area contributed by atoms with Crippen molar-refractivity contribution in [2.75, 3.05) is 63.0 Å². The molecule has 8 aliphatic heterocycles. The first-order valence-electron chi connectivity index (χ1n) is 17.4. The molecule has 6 fully saturated rings. The van der Waals surface area contributed by atoms with Crippen LogP contribution in [0.3, 0.4) is 0 Å². The molecule has 4 aromatic rings. The second-order valence-electron chi connectivity index (χ2n) is 14.2. The molecule has 0 saturated carbocycles. The summed E-state index contributed by atoms with van der Waals surface area (Å²) in [6.45, 7) is 12.3. The quantitative estimate of drug-likeness (QED) is 0.299. The number of hydrogen-bond donors (Lipinski definition) is 2. The van der Waals surface area contributed by atoms with Gasteiger partial charge in [-0.05, 0) is 90.0 Å². The van der Waals surface area contributed by atoms with Gasteiger partial charge in [-0.25, -0.2) is 29.9 Å². The Labute approximate surface area is 296 Å². The van der Waals surface area contributed by atoms with Crippen molar-refractivity contribution in [3.05, 3.63) is 54.2 Å². The van der Waals surface area contributed by atoms with Crippen LogP contribution in [-0.2, 0) is 9.47 Å². The number of nitrogens with one attached hydrogen (secondary N) is 2. The minimum absolute atomic E-state index is 0. The van der Waals surface area contributed by atoms with Crippen LogP contribution in [0.5, 0.6) is 0 Å². The van der Waals surface area contributed by atoms with E-state index in [1.807, 2.05) is 50.4 Å². The number of aliphatic imine (C=N–C) groups is 2. The van der Waals surface area contributed by atoms with Crippen LogP contribution in [0.25, 0.3) is 21.6 Å². The van der Waals surface area contributed by atoms with Gasteiger partial charge in [0.15, 0.2) is 5.13 Å². The maximum absolute atomic E-state index is 6.31. The predicted molar refractivity (Wildman–Crippen MR) is 197 cm³/mol. The zero-order chi connectivity index (χ0) is 33.0. The van der Waals surface area contributed by atoms with Gasteiger partial charge in [0.25, 0.3) is 12.0 Å². The van der Waals surface area contributed by atoms with Gasteiger partial charge in [0.1, 0.15) is 33.7 Å². The molecule has 4 aromatic heterocycles. The fourth-order valence-corrected chi connectivity index (χ4v) is 9.13. The van der Waals surface area contributed by atoms with E-state index in [4.69, 9.17) is 9.47 Å². The fourth-order valence-electron chi connectivity index (χ4n) is 8.26. The van der Waals surface area contributed by atoms with E-state index in [1.54, 1.807) is 17.7 Å². The third kappa shape index (κ3) is 6.28. The molecule has 6 saturated heterocycles. The monoisotopic (exact) mass is 695 g/mol. The van der Waals surface area contributed by atoms with Crippen LogP contribution in [0.15, 0.2) is 52.8 Å². The van der Waals surface area contributed by atoms with Gasteiger partial charge in [-0.2, -0.15) is 0 Å². The number of nitrogens with zero attached hydrogens (tertiary/aromatic N) is 9. The normalized spacial score (nSPS) is 30.2. The molecule has 262 valence electrons. The average Bonchev–Trinajstić information content (AvgIpc) is 3.83. The molecule has 2 atom stereocenters. The zero-order valence-corrected chi connectivity index (χ0v) is 28.7. The number of anilines is 2. The molecule has 0 aromatic carbocycles. The Morgan fingerprint density at radius 1 is 0.760 bits per heavy atom. The molecule has 4 bridgehead atoms. The number of fused-ring (bicyclic) bond motifs is 5. The Kier molecular flexibility index (Phi) is 8.64. The smallest absolute Gasteiger partial charge is 0.291 e. The van der Waals surface area contributed by atoms with Crippen molar-refractivity contribution in [1.29, 1.82) is 0 Å². The van der Waals surface area contributed by atoms with E-state index in [2.05, 4.69) is 55.3 Å². The van der Waals surface area contributed by atoms with Gasteiger partial charge in [0, 0.05) is 54.1 Å². The lowest BCUT2D eigenvalue weighted by Crippen LogP contribution is -2.61. The minimum atomic E-state index is -0.143. The molecule has 12 rings (SSSR count). The first kappa shape index (κ1) is 32.9. The number of thiazole rings is 1. The van der Waals surface area contributed by atoms with E-state index >= 15 is 0 Å². The van der Waals surface area contributed by atoms with Crippen molar-refractivity contribution in [3.8, 4) is 11.3 Å². The molecule has 12 heterocycles. The van der Waals surface area contributed by atoms with E-state index in [0.717, 1.165) is 64.3 Å². The Morgan fingerprint density at radius 2 is 1.40 bits per heavy atom. The number of amidine groups is 2. The topological polar surface area (TPSA) is 138 Å². The van der Waals surface area contributed by atoms with Gasteiger partial charge in [-0.1, -0.05) is 18.8 Å². The van der Waals surface area contributed by atoms with Gasteiger partial charge < -0.3 is 9.47 Å². The Hall–Kier alpha value is -4.27. The maximum Gasteiger partial charge on any atom is 0.291 e. The van der Waals surface area contributed by atoms with Crippen LogP contribution in [0, 0.1) is 25.7 Å². The van der Waals surface area contributed by atoms with Crippen molar-refractivity contribution in [2.24, 2.45) is 21.8 Å². The predicted octanol–water partition coefficient (Wildman–Crippen LogP) is 5.01. The molecule has 14 heteroatoms. The molecule has 0 radical (unpaired) electrons. The summed E-state index contributed by atoms with van der Waals surface area (Å²) < 4.78 is 12.6. The Morgan fingerprint density at radius 3 is 2.00 bits per heavy atom. The average molecular weight is 696 g/mol. The zero-order valence-electron chi connectivity index (χ0n) is 27.9. The molecule has 2 N–H and O–H groups in total. The van der Waals surface area contributed by atoms with E-state index in [0.29, 0.717) is 29.7 Å². The summed E-state index contributed by atoms with van der Waals surface area (Å²) in [4.78, 5) is 37.3. The van der Waals surface area contributed by atoms with Crippen molar-refractivity contribution < 1.29 is 9.47 Å². The lowest BCUT2D eigenvalue weighted by atomic mass is 9.75. The van der Waals surface area contributed by atoms with Gasteiger partial charge in [-0.3, -0.25) is 25.4 Å².